The van der Waals surface area contributed by atoms with Crippen LogP contribution in [-0.2, 0) is 14.3 Å². The van der Waals surface area contributed by atoms with Crippen molar-refractivity contribution < 1.29 is 23.1 Å². The highest BCUT2D eigenvalue weighted by molar-refractivity contribution is 6.08. The minimum atomic E-state index is -0.643. The molecule has 0 bridgehead atoms. The molecule has 0 saturated heterocycles. The summed E-state index contributed by atoms with van der Waals surface area (Å²) in [6.45, 7) is 17.7. The topological polar surface area (TPSA) is 117 Å². The van der Waals surface area contributed by atoms with Gasteiger partial charge >= 0.3 is 0 Å². The highest BCUT2D eigenvalue weighted by Gasteiger charge is 2.20. The molecular formula is C41H64F2N6O3. The average Bonchev–Trinajstić information content (AvgIpc) is 3.14. The largest absolute Gasteiger partial charge is 0.497 e. The Labute approximate surface area is 311 Å². The maximum absolute atomic E-state index is 13.9. The van der Waals surface area contributed by atoms with E-state index in [1.54, 1.807) is 31.5 Å². The number of alkyl halides is 1. The number of nitrogens with zero attached hydrogens (tertiary/aromatic N) is 2. The number of ether oxygens (including phenoxy) is 1. The maximum Gasteiger partial charge on any atom is 0.227 e. The number of nitrogens with one attached hydrogen (secondary N) is 4. The van der Waals surface area contributed by atoms with Crippen molar-refractivity contribution in [2.45, 2.75) is 92.0 Å². The molecule has 290 valence electrons. The van der Waals surface area contributed by atoms with E-state index in [-0.39, 0.29) is 30.2 Å². The number of halogens is 2. The summed E-state index contributed by atoms with van der Waals surface area (Å²) >= 11 is 0. The number of aromatic nitrogens is 1. The van der Waals surface area contributed by atoms with Gasteiger partial charge in [0.2, 0.25) is 11.8 Å². The second-order valence-electron chi connectivity index (χ2n) is 12.2. The number of carbonyl (C=O) groups excluding carboxylic acids is 2. The van der Waals surface area contributed by atoms with Crippen molar-refractivity contribution in [1.29, 1.82) is 0 Å². The van der Waals surface area contributed by atoms with Crippen LogP contribution in [0.4, 0.5) is 8.78 Å². The first-order valence-corrected chi connectivity index (χ1v) is 18.3. The SMILES string of the molecule is C=C(F)CC.C=CCNC(=O)CCCC[C@H](CNC/C(CF)=C(/C=C\CC)OC)NC(=O)C1/C=C/C(c2ccncc2)=N\NC/C(C)=C/C1.CCC. The summed E-state index contributed by atoms with van der Waals surface area (Å²) in [4.78, 5) is 29.8. The summed E-state index contributed by atoms with van der Waals surface area (Å²) in [7, 11) is 1.53. The molecular weight excluding hydrogens is 662 g/mol. The second kappa shape index (κ2) is 31.4. The molecule has 52 heavy (non-hydrogen) atoms. The first-order valence-electron chi connectivity index (χ1n) is 18.3. The summed E-state index contributed by atoms with van der Waals surface area (Å²) in [5.74, 6) is -0.285. The Hall–Kier alpha value is -4.38. The van der Waals surface area contributed by atoms with E-state index in [4.69, 9.17) is 4.74 Å². The summed E-state index contributed by atoms with van der Waals surface area (Å²) in [5.41, 5.74) is 6.30. The zero-order chi connectivity index (χ0) is 39.0. The minimum Gasteiger partial charge on any atom is -0.497 e. The molecule has 9 nitrogen and oxygen atoms in total. The van der Waals surface area contributed by atoms with E-state index in [0.29, 0.717) is 68.8 Å². The maximum atomic E-state index is 13.9. The van der Waals surface area contributed by atoms with Crippen LogP contribution >= 0.6 is 0 Å². The van der Waals surface area contributed by atoms with E-state index >= 15 is 0 Å². The quantitative estimate of drug-likeness (QED) is 0.0498. The number of unbranched alkanes of at least 4 members (excludes halogenated alkanes) is 1. The lowest BCUT2D eigenvalue weighted by Crippen LogP contribution is -2.44. The molecule has 2 atom stereocenters. The lowest BCUT2D eigenvalue weighted by molar-refractivity contribution is -0.124. The fourth-order valence-electron chi connectivity index (χ4n) is 4.49. The van der Waals surface area contributed by atoms with Crippen molar-refractivity contribution in [2.24, 2.45) is 11.0 Å². The molecule has 2 heterocycles. The van der Waals surface area contributed by atoms with Crippen molar-refractivity contribution in [2.75, 3.05) is 40.0 Å². The van der Waals surface area contributed by atoms with Gasteiger partial charge in [0, 0.05) is 55.6 Å². The standard InChI is InChI=1S/C34H49FN6O3.C4H7F.C3H8/c1-5-7-11-32(44-4)29(22-35)24-37-25-30(10-8-9-12-33(42)38-19-6-2)40-34(43)28-14-13-26(3)23-39-41-31(16-15-28)27-17-20-36-21-18-27;1-3-4(2)5;1-3-2/h6-7,11,13,15-18,20-21,28,30,37,39H,2,5,8-10,12,14,19,22-25H2,1,3-4H3,(H,38,42)(H,40,43);2-3H2,1H3;3H2,1-2H3/b11-7-,16-15+,26-13+,32-29-,41-31+;;/t28?,30-;;/m1../s1. The Balaban J connectivity index is 0.00000293. The van der Waals surface area contributed by atoms with Crippen molar-refractivity contribution in [3.05, 3.63) is 102 Å². The van der Waals surface area contributed by atoms with Crippen LogP contribution < -0.4 is 21.4 Å². The average molecular weight is 727 g/mol. The molecule has 2 amide bonds. The van der Waals surface area contributed by atoms with Crippen molar-refractivity contribution in [1.82, 2.24) is 26.4 Å². The number of hydrazone groups is 1. The zero-order valence-corrected chi connectivity index (χ0v) is 32.4. The first kappa shape index (κ1) is 47.6. The number of rotatable bonds is 19. The molecule has 0 spiro atoms. The van der Waals surface area contributed by atoms with E-state index in [0.717, 1.165) is 24.0 Å². The number of amides is 2. The van der Waals surface area contributed by atoms with Gasteiger partial charge in [-0.15, -0.1) is 6.58 Å². The highest BCUT2D eigenvalue weighted by Crippen LogP contribution is 2.14. The lowest BCUT2D eigenvalue weighted by atomic mass is 9.98. The van der Waals surface area contributed by atoms with Crippen molar-refractivity contribution >= 4 is 17.5 Å². The van der Waals surface area contributed by atoms with Gasteiger partial charge in [-0.3, -0.25) is 14.6 Å². The number of hydrogen-bond donors (Lipinski definition) is 4. The van der Waals surface area contributed by atoms with Crippen LogP contribution in [0.25, 0.3) is 0 Å². The van der Waals surface area contributed by atoms with Crippen molar-refractivity contribution in [3.63, 3.8) is 0 Å². The van der Waals surface area contributed by atoms with Gasteiger partial charge in [-0.1, -0.05) is 77.0 Å². The monoisotopic (exact) mass is 727 g/mol. The third kappa shape index (κ3) is 23.2. The molecule has 2 rings (SSSR count). The molecule has 1 aliphatic heterocycles. The van der Waals surface area contributed by atoms with Gasteiger partial charge in [-0.25, -0.2) is 8.78 Å². The third-order valence-corrected chi connectivity index (χ3v) is 7.42. The highest BCUT2D eigenvalue weighted by atomic mass is 19.1. The smallest absolute Gasteiger partial charge is 0.227 e. The molecule has 0 aliphatic carbocycles. The van der Waals surface area contributed by atoms with Crippen molar-refractivity contribution in [3.8, 4) is 0 Å². The van der Waals surface area contributed by atoms with Crippen LogP contribution in [0.3, 0.4) is 0 Å². The Morgan fingerprint density at radius 1 is 1.17 bits per heavy atom. The summed E-state index contributed by atoms with van der Waals surface area (Å²) in [5, 5.41) is 13.8. The van der Waals surface area contributed by atoms with Gasteiger partial charge in [0.1, 0.15) is 12.4 Å². The molecule has 1 aromatic rings. The summed E-state index contributed by atoms with van der Waals surface area (Å²) in [6, 6.07) is 3.53. The van der Waals surface area contributed by atoms with Gasteiger partial charge in [0.05, 0.1) is 31.1 Å². The van der Waals surface area contributed by atoms with Crippen LogP contribution in [0.15, 0.2) is 102 Å². The number of allylic oxidation sites excluding steroid dienone is 5. The normalized spacial score (nSPS) is 17.7. The van der Waals surface area contributed by atoms with Gasteiger partial charge in [-0.2, -0.15) is 5.10 Å². The Bertz CT molecular complexity index is 1320. The molecule has 4 N–H and O–H groups in total. The van der Waals surface area contributed by atoms with Crippen LogP contribution in [0.2, 0.25) is 0 Å². The van der Waals surface area contributed by atoms with E-state index in [1.165, 1.54) is 13.5 Å². The molecule has 0 radical (unpaired) electrons. The predicted octanol–water partition coefficient (Wildman–Crippen LogP) is 7.97. The molecule has 1 aromatic heterocycles. The van der Waals surface area contributed by atoms with Gasteiger partial charge in [0.25, 0.3) is 0 Å². The van der Waals surface area contributed by atoms with Crippen LogP contribution in [0, 0.1) is 5.92 Å². The molecule has 1 unspecified atom stereocenters. The molecule has 1 aliphatic rings. The van der Waals surface area contributed by atoms with Crippen LogP contribution in [0.5, 0.6) is 0 Å². The number of methoxy groups -OCH3 is 1. The molecule has 11 heteroatoms. The predicted molar refractivity (Wildman–Crippen MR) is 212 cm³/mol. The Morgan fingerprint density at radius 3 is 2.46 bits per heavy atom. The summed E-state index contributed by atoms with van der Waals surface area (Å²) in [6.07, 6.45) is 20.1. The van der Waals surface area contributed by atoms with E-state index < -0.39 is 12.6 Å². The Kier molecular flexibility index (Phi) is 28.7. The second-order valence-corrected chi connectivity index (χ2v) is 12.2. The van der Waals surface area contributed by atoms with Gasteiger partial charge in [-0.05, 0) is 63.3 Å². The molecule has 0 aromatic carbocycles. The minimum absolute atomic E-state index is 0.0245. The van der Waals surface area contributed by atoms with Crippen LogP contribution in [0.1, 0.15) is 91.5 Å². The fourth-order valence-corrected chi connectivity index (χ4v) is 4.49. The van der Waals surface area contributed by atoms with Gasteiger partial charge < -0.3 is 26.1 Å². The number of carbonyl (C=O) groups is 2. The number of hydrogen-bond acceptors (Lipinski definition) is 7. The third-order valence-electron chi connectivity index (χ3n) is 7.42. The lowest BCUT2D eigenvalue weighted by Gasteiger charge is -2.23. The fraction of sp³-hybridized carbons (Fsp3) is 0.512. The van der Waals surface area contributed by atoms with E-state index in [1.807, 2.05) is 44.2 Å². The van der Waals surface area contributed by atoms with Crippen LogP contribution in [-0.4, -0.2) is 68.5 Å². The van der Waals surface area contributed by atoms with E-state index in [2.05, 4.69) is 64.5 Å². The molecule has 0 saturated carbocycles. The van der Waals surface area contributed by atoms with E-state index in [9.17, 15) is 18.4 Å². The number of pyridine rings is 1. The zero-order valence-electron chi connectivity index (χ0n) is 32.4. The summed E-state index contributed by atoms with van der Waals surface area (Å²) < 4.78 is 30.5. The van der Waals surface area contributed by atoms with Gasteiger partial charge in [0.15, 0.2) is 0 Å². The molecule has 0 fully saturated rings. The first-order chi connectivity index (χ1) is 25.1. The Morgan fingerprint density at radius 2 is 1.87 bits per heavy atom.